The van der Waals surface area contributed by atoms with Gasteiger partial charge < -0.3 is 29.4 Å². The Bertz CT molecular complexity index is 1110. The van der Waals surface area contributed by atoms with E-state index in [1.807, 2.05) is 60.7 Å². The van der Waals surface area contributed by atoms with Crippen LogP contribution in [0, 0.1) is 0 Å². The van der Waals surface area contributed by atoms with Gasteiger partial charge in [0, 0.05) is 11.5 Å². The minimum absolute atomic E-state index is 0.100. The summed E-state index contributed by atoms with van der Waals surface area (Å²) in [7, 11) is 0. The number of hydrogen-bond donors (Lipinski definition) is 2. The van der Waals surface area contributed by atoms with E-state index in [0.717, 1.165) is 11.3 Å². The Hall–Kier alpha value is -3.69. The lowest BCUT2D eigenvalue weighted by atomic mass is 10.0. The maximum atomic E-state index is 12.9. The quantitative estimate of drug-likeness (QED) is 0.316. The maximum absolute atomic E-state index is 12.9. The van der Waals surface area contributed by atoms with Crippen molar-refractivity contribution in [1.82, 2.24) is 5.32 Å². The first kappa shape index (κ1) is 26.4. The van der Waals surface area contributed by atoms with Crippen LogP contribution in [-0.2, 0) is 26.6 Å². The summed E-state index contributed by atoms with van der Waals surface area (Å²) in [5.74, 6) is 1.31. The Labute approximate surface area is 219 Å². The Morgan fingerprint density at radius 3 is 2.38 bits per heavy atom. The van der Waals surface area contributed by atoms with Gasteiger partial charge in [0.05, 0.1) is 25.7 Å². The molecule has 3 aromatic carbocycles. The third-order valence-corrected chi connectivity index (χ3v) is 6.72. The van der Waals surface area contributed by atoms with E-state index in [4.69, 9.17) is 18.9 Å². The predicted octanol–water partition coefficient (Wildman–Crippen LogP) is 5.18. The zero-order chi connectivity index (χ0) is 25.9. The minimum Gasteiger partial charge on any atom is -0.481 e. The predicted molar refractivity (Wildman–Crippen MR) is 140 cm³/mol. The Morgan fingerprint density at radius 2 is 1.65 bits per heavy atom. The molecular formula is C28H29NO7S. The molecule has 0 unspecified atom stereocenters. The number of ether oxygens (including phenoxy) is 4. The average Bonchev–Trinajstić information content (AvgIpc) is 3.37. The number of aliphatic carboxylic acids is 1. The molecule has 1 amide bonds. The molecule has 9 heteroatoms. The summed E-state index contributed by atoms with van der Waals surface area (Å²) in [5.41, 5.74) is 2.77. The number of benzene rings is 3. The topological polar surface area (TPSA) is 103 Å². The number of carbonyl (C=O) groups is 2. The molecule has 0 bridgehead atoms. The number of hydrogen-bond acceptors (Lipinski definition) is 7. The van der Waals surface area contributed by atoms with Gasteiger partial charge in [-0.3, -0.25) is 4.79 Å². The number of carboxylic acid groups (broad SMARTS) is 1. The fourth-order valence-corrected chi connectivity index (χ4v) is 4.74. The van der Waals surface area contributed by atoms with Crippen LogP contribution >= 0.6 is 11.8 Å². The lowest BCUT2D eigenvalue weighted by Gasteiger charge is -2.22. The van der Waals surface area contributed by atoms with Gasteiger partial charge in [0.25, 0.3) is 0 Å². The van der Waals surface area contributed by atoms with Crippen molar-refractivity contribution in [1.29, 1.82) is 0 Å². The van der Waals surface area contributed by atoms with E-state index in [-0.39, 0.29) is 19.8 Å². The number of carbonyl (C=O) groups excluding carboxylic acids is 1. The molecule has 3 aromatic rings. The van der Waals surface area contributed by atoms with Gasteiger partial charge in [-0.05, 0) is 28.8 Å². The van der Waals surface area contributed by atoms with Gasteiger partial charge in [-0.25, -0.2) is 4.79 Å². The number of amides is 1. The second-order valence-electron chi connectivity index (χ2n) is 8.44. The standard InChI is InChI=1S/C28H29NO7S/c30-27(31)14-24(22-11-12-25-26(13-22)35-19-34-25)29-28(32)36-23(16-33-15-20-7-3-1-4-8-20)18-37-17-21-9-5-2-6-10-21/h1-13,23-24H,14-19H2,(H,29,32)(H,30,31)/t23-,24+/m1/s1. The molecular weight excluding hydrogens is 494 g/mol. The third-order valence-electron chi connectivity index (χ3n) is 5.57. The molecule has 2 atom stereocenters. The Kier molecular flexibility index (Phi) is 9.67. The van der Waals surface area contributed by atoms with Crippen molar-refractivity contribution in [2.75, 3.05) is 19.2 Å². The first-order valence-corrected chi connectivity index (χ1v) is 13.0. The van der Waals surface area contributed by atoms with E-state index in [1.54, 1.807) is 30.0 Å². The molecule has 0 saturated heterocycles. The number of rotatable bonds is 13. The number of carboxylic acids is 1. The van der Waals surface area contributed by atoms with Crippen LogP contribution in [0.5, 0.6) is 11.5 Å². The molecule has 1 aliphatic heterocycles. The molecule has 1 heterocycles. The van der Waals surface area contributed by atoms with Crippen molar-refractivity contribution < 1.29 is 33.6 Å². The summed E-state index contributed by atoms with van der Waals surface area (Å²) < 4.78 is 22.3. The second-order valence-corrected chi connectivity index (χ2v) is 9.47. The van der Waals surface area contributed by atoms with Crippen molar-refractivity contribution in [2.45, 2.75) is 30.9 Å². The van der Waals surface area contributed by atoms with Crippen molar-refractivity contribution in [3.63, 3.8) is 0 Å². The zero-order valence-electron chi connectivity index (χ0n) is 20.2. The highest BCUT2D eigenvalue weighted by Crippen LogP contribution is 2.35. The van der Waals surface area contributed by atoms with Gasteiger partial charge in [0.1, 0.15) is 6.10 Å². The third kappa shape index (κ3) is 8.44. The molecule has 0 fully saturated rings. The molecule has 4 rings (SSSR count). The summed E-state index contributed by atoms with van der Waals surface area (Å²) in [6.07, 6.45) is -1.55. The zero-order valence-corrected chi connectivity index (χ0v) is 21.0. The fourth-order valence-electron chi connectivity index (χ4n) is 3.77. The van der Waals surface area contributed by atoms with Crippen LogP contribution in [0.3, 0.4) is 0 Å². The molecule has 1 aliphatic rings. The monoisotopic (exact) mass is 523 g/mol. The van der Waals surface area contributed by atoms with E-state index in [9.17, 15) is 14.7 Å². The number of fused-ring (bicyclic) bond motifs is 1. The maximum Gasteiger partial charge on any atom is 0.408 e. The Morgan fingerprint density at radius 1 is 0.946 bits per heavy atom. The smallest absolute Gasteiger partial charge is 0.408 e. The second kappa shape index (κ2) is 13.6. The van der Waals surface area contributed by atoms with E-state index in [1.165, 1.54) is 5.56 Å². The first-order chi connectivity index (χ1) is 18.1. The van der Waals surface area contributed by atoms with Gasteiger partial charge in [0.15, 0.2) is 11.5 Å². The largest absolute Gasteiger partial charge is 0.481 e. The lowest BCUT2D eigenvalue weighted by Crippen LogP contribution is -2.36. The van der Waals surface area contributed by atoms with Gasteiger partial charge in [-0.15, -0.1) is 0 Å². The summed E-state index contributed by atoms with van der Waals surface area (Å²) in [6, 6.07) is 24.0. The molecule has 8 nitrogen and oxygen atoms in total. The highest BCUT2D eigenvalue weighted by atomic mass is 32.2. The first-order valence-electron chi connectivity index (χ1n) is 11.9. The number of alkyl carbamates (subject to hydrolysis) is 1. The highest BCUT2D eigenvalue weighted by molar-refractivity contribution is 7.98. The van der Waals surface area contributed by atoms with E-state index >= 15 is 0 Å². The summed E-state index contributed by atoms with van der Waals surface area (Å²) in [6.45, 7) is 0.700. The van der Waals surface area contributed by atoms with Crippen LogP contribution in [-0.4, -0.2) is 42.4 Å². The van der Waals surface area contributed by atoms with E-state index < -0.39 is 24.2 Å². The number of thioether (sulfide) groups is 1. The van der Waals surface area contributed by atoms with Crippen molar-refractivity contribution in [3.8, 4) is 11.5 Å². The molecule has 0 aliphatic carbocycles. The van der Waals surface area contributed by atoms with Crippen molar-refractivity contribution in [2.24, 2.45) is 0 Å². The Balaban J connectivity index is 1.37. The van der Waals surface area contributed by atoms with E-state index in [2.05, 4.69) is 5.32 Å². The van der Waals surface area contributed by atoms with Crippen LogP contribution in [0.1, 0.15) is 29.2 Å². The molecule has 0 radical (unpaired) electrons. The van der Waals surface area contributed by atoms with Crippen molar-refractivity contribution in [3.05, 3.63) is 95.6 Å². The molecule has 37 heavy (non-hydrogen) atoms. The molecule has 0 aromatic heterocycles. The van der Waals surface area contributed by atoms with Gasteiger partial charge in [-0.1, -0.05) is 66.7 Å². The summed E-state index contributed by atoms with van der Waals surface area (Å²) >= 11 is 1.63. The van der Waals surface area contributed by atoms with Crippen LogP contribution in [0.4, 0.5) is 4.79 Å². The SMILES string of the molecule is O=C(O)C[C@H](NC(=O)O[C@H](COCc1ccccc1)CSCc1ccccc1)c1ccc2c(c1)OCO2. The molecule has 0 spiro atoms. The average molecular weight is 524 g/mol. The van der Waals surface area contributed by atoms with Gasteiger partial charge >= 0.3 is 12.1 Å². The van der Waals surface area contributed by atoms with Crippen LogP contribution in [0.2, 0.25) is 0 Å². The van der Waals surface area contributed by atoms with Crippen LogP contribution in [0.15, 0.2) is 78.9 Å². The molecule has 2 N–H and O–H groups in total. The minimum atomic E-state index is -1.05. The molecule has 194 valence electrons. The van der Waals surface area contributed by atoms with Gasteiger partial charge in [-0.2, -0.15) is 11.8 Å². The lowest BCUT2D eigenvalue weighted by molar-refractivity contribution is -0.137. The summed E-state index contributed by atoms with van der Waals surface area (Å²) in [4.78, 5) is 24.4. The molecule has 0 saturated carbocycles. The fraction of sp³-hybridized carbons (Fsp3) is 0.286. The number of nitrogens with one attached hydrogen (secondary N) is 1. The summed E-state index contributed by atoms with van der Waals surface area (Å²) in [5, 5.41) is 12.1. The van der Waals surface area contributed by atoms with Crippen LogP contribution < -0.4 is 14.8 Å². The van der Waals surface area contributed by atoms with E-state index in [0.29, 0.717) is 29.4 Å². The van der Waals surface area contributed by atoms with Crippen LogP contribution in [0.25, 0.3) is 0 Å². The normalized spacial score (nSPS) is 13.5. The van der Waals surface area contributed by atoms with Crippen molar-refractivity contribution >= 4 is 23.8 Å². The van der Waals surface area contributed by atoms with Gasteiger partial charge in [0.2, 0.25) is 6.79 Å². The highest BCUT2D eigenvalue weighted by Gasteiger charge is 2.24.